The first-order valence-corrected chi connectivity index (χ1v) is 7.42. The number of pyridine rings is 1. The predicted molar refractivity (Wildman–Crippen MR) is 85.9 cm³/mol. The molecule has 5 heteroatoms. The van der Waals surface area contributed by atoms with Crippen molar-refractivity contribution in [3.8, 4) is 0 Å². The zero-order chi connectivity index (χ0) is 15.4. The maximum absolute atomic E-state index is 12.5. The van der Waals surface area contributed by atoms with E-state index in [0.29, 0.717) is 22.3 Å². The highest BCUT2D eigenvalue weighted by molar-refractivity contribution is 6.31. The van der Waals surface area contributed by atoms with Gasteiger partial charge in [0.15, 0.2) is 0 Å². The summed E-state index contributed by atoms with van der Waals surface area (Å²) in [6.45, 7) is 2.42. The van der Waals surface area contributed by atoms with Gasteiger partial charge in [0.05, 0.1) is 0 Å². The molecule has 0 aliphatic rings. The molecule has 0 aliphatic carbocycles. The van der Waals surface area contributed by atoms with E-state index in [4.69, 9.17) is 23.2 Å². The maximum Gasteiger partial charge on any atom is 0.254 e. The number of aromatic nitrogens is 1. The van der Waals surface area contributed by atoms with Crippen molar-refractivity contribution in [2.45, 2.75) is 19.9 Å². The molecule has 1 aromatic carbocycles. The number of aryl methyl sites for hydroxylation is 1. The lowest BCUT2D eigenvalue weighted by atomic mass is 10.1. The molecule has 1 amide bonds. The summed E-state index contributed by atoms with van der Waals surface area (Å²) >= 11 is 12.1. The highest BCUT2D eigenvalue weighted by atomic mass is 35.5. The number of carbonyl (C=O) groups is 1. The molecule has 1 heterocycles. The van der Waals surface area contributed by atoms with Crippen LogP contribution in [0.3, 0.4) is 0 Å². The Morgan fingerprint density at radius 1 is 1.24 bits per heavy atom. The molecular weight excluding hydrogens is 307 g/mol. The third-order valence-electron chi connectivity index (χ3n) is 3.17. The lowest BCUT2D eigenvalue weighted by molar-refractivity contribution is 0.0785. The number of nitrogens with zero attached hydrogens (tertiary/aromatic N) is 2. The van der Waals surface area contributed by atoms with Gasteiger partial charge in [-0.3, -0.25) is 4.79 Å². The van der Waals surface area contributed by atoms with Gasteiger partial charge in [-0.25, -0.2) is 4.98 Å². The second kappa shape index (κ2) is 6.92. The zero-order valence-corrected chi connectivity index (χ0v) is 13.4. The second-order valence-electron chi connectivity index (χ2n) is 4.78. The van der Waals surface area contributed by atoms with Crippen molar-refractivity contribution in [2.75, 3.05) is 7.05 Å². The first-order valence-electron chi connectivity index (χ1n) is 6.66. The molecule has 0 fully saturated rings. The molecule has 0 spiro atoms. The van der Waals surface area contributed by atoms with Gasteiger partial charge in [0.1, 0.15) is 5.15 Å². The molecule has 21 heavy (non-hydrogen) atoms. The van der Waals surface area contributed by atoms with Crippen LogP contribution in [0.15, 0.2) is 36.4 Å². The van der Waals surface area contributed by atoms with E-state index in [1.807, 2.05) is 31.2 Å². The first-order chi connectivity index (χ1) is 10.0. The fourth-order valence-electron chi connectivity index (χ4n) is 2.03. The fourth-order valence-corrected chi connectivity index (χ4v) is 2.45. The summed E-state index contributed by atoms with van der Waals surface area (Å²) in [5, 5.41) is 0.989. The van der Waals surface area contributed by atoms with Crippen LogP contribution in [0.25, 0.3) is 0 Å². The van der Waals surface area contributed by atoms with Crippen LogP contribution in [0.4, 0.5) is 0 Å². The SMILES string of the molecule is CCc1cc(C(=O)N(C)Cc2ccccc2Cl)cc(Cl)n1. The Balaban J connectivity index is 2.20. The molecule has 0 unspecified atom stereocenters. The zero-order valence-electron chi connectivity index (χ0n) is 11.9. The lowest BCUT2D eigenvalue weighted by Gasteiger charge is -2.18. The third kappa shape index (κ3) is 3.96. The lowest BCUT2D eigenvalue weighted by Crippen LogP contribution is -2.26. The van der Waals surface area contributed by atoms with Crippen molar-refractivity contribution >= 4 is 29.1 Å². The van der Waals surface area contributed by atoms with Crippen molar-refractivity contribution in [1.82, 2.24) is 9.88 Å². The summed E-state index contributed by atoms with van der Waals surface area (Å²) in [6.07, 6.45) is 0.731. The summed E-state index contributed by atoms with van der Waals surface area (Å²) in [5.41, 5.74) is 2.25. The van der Waals surface area contributed by atoms with Crippen LogP contribution < -0.4 is 0 Å². The third-order valence-corrected chi connectivity index (χ3v) is 3.73. The van der Waals surface area contributed by atoms with E-state index in [1.165, 1.54) is 0 Å². The number of amides is 1. The Hall–Kier alpha value is -1.58. The Kier molecular flexibility index (Phi) is 5.21. The largest absolute Gasteiger partial charge is 0.337 e. The molecule has 0 aliphatic heterocycles. The van der Waals surface area contributed by atoms with Crippen molar-refractivity contribution in [3.05, 3.63) is 63.4 Å². The van der Waals surface area contributed by atoms with E-state index >= 15 is 0 Å². The van der Waals surface area contributed by atoms with Crippen molar-refractivity contribution in [2.24, 2.45) is 0 Å². The van der Waals surface area contributed by atoms with Gasteiger partial charge in [0.25, 0.3) is 5.91 Å². The summed E-state index contributed by atoms with van der Waals surface area (Å²) in [4.78, 5) is 18.3. The van der Waals surface area contributed by atoms with Gasteiger partial charge in [-0.05, 0) is 30.2 Å². The minimum atomic E-state index is -0.103. The molecule has 1 aromatic heterocycles. The van der Waals surface area contributed by atoms with Crippen LogP contribution in [0.2, 0.25) is 10.2 Å². The second-order valence-corrected chi connectivity index (χ2v) is 5.57. The van der Waals surface area contributed by atoms with Gasteiger partial charge in [0, 0.05) is 29.9 Å². The van der Waals surface area contributed by atoms with Crippen molar-refractivity contribution < 1.29 is 4.79 Å². The van der Waals surface area contributed by atoms with E-state index in [9.17, 15) is 4.79 Å². The monoisotopic (exact) mass is 322 g/mol. The fraction of sp³-hybridized carbons (Fsp3) is 0.250. The minimum Gasteiger partial charge on any atom is -0.337 e. The topological polar surface area (TPSA) is 33.2 Å². The molecule has 0 radical (unpaired) electrons. The average Bonchev–Trinajstić information content (AvgIpc) is 2.48. The molecule has 110 valence electrons. The normalized spacial score (nSPS) is 10.5. The highest BCUT2D eigenvalue weighted by Crippen LogP contribution is 2.18. The maximum atomic E-state index is 12.5. The number of hydrogen-bond donors (Lipinski definition) is 0. The van der Waals surface area contributed by atoms with Gasteiger partial charge in [0.2, 0.25) is 0 Å². The van der Waals surface area contributed by atoms with Crippen molar-refractivity contribution in [3.63, 3.8) is 0 Å². The van der Waals surface area contributed by atoms with E-state index in [1.54, 1.807) is 24.1 Å². The van der Waals surface area contributed by atoms with E-state index in [2.05, 4.69) is 4.98 Å². The smallest absolute Gasteiger partial charge is 0.254 e. The average molecular weight is 323 g/mol. The standard InChI is InChI=1S/C16H16Cl2N2O/c1-3-13-8-12(9-15(18)19-13)16(21)20(2)10-11-6-4-5-7-14(11)17/h4-9H,3,10H2,1-2H3. The molecule has 0 saturated heterocycles. The number of rotatable bonds is 4. The van der Waals surface area contributed by atoms with Crippen LogP contribution in [-0.2, 0) is 13.0 Å². The van der Waals surface area contributed by atoms with Gasteiger partial charge in [-0.1, -0.05) is 48.3 Å². The first kappa shape index (κ1) is 15.8. The Bertz CT molecular complexity index is 658. The molecule has 0 atom stereocenters. The highest BCUT2D eigenvalue weighted by Gasteiger charge is 2.15. The Morgan fingerprint density at radius 2 is 1.95 bits per heavy atom. The van der Waals surface area contributed by atoms with Crippen LogP contribution in [0.1, 0.15) is 28.5 Å². The van der Waals surface area contributed by atoms with Crippen LogP contribution in [-0.4, -0.2) is 22.8 Å². The predicted octanol–water partition coefficient (Wildman–Crippen LogP) is 4.22. The molecule has 2 aromatic rings. The molecule has 0 bridgehead atoms. The molecule has 0 saturated carbocycles. The molecule has 0 N–H and O–H groups in total. The minimum absolute atomic E-state index is 0.103. The summed E-state index contributed by atoms with van der Waals surface area (Å²) in [5.74, 6) is -0.103. The summed E-state index contributed by atoms with van der Waals surface area (Å²) < 4.78 is 0. The van der Waals surface area contributed by atoms with Crippen LogP contribution in [0.5, 0.6) is 0 Å². The van der Waals surface area contributed by atoms with Gasteiger partial charge >= 0.3 is 0 Å². The van der Waals surface area contributed by atoms with Gasteiger partial charge in [-0.2, -0.15) is 0 Å². The summed E-state index contributed by atoms with van der Waals surface area (Å²) in [7, 11) is 1.74. The molecule has 2 rings (SSSR count). The van der Waals surface area contributed by atoms with Gasteiger partial charge in [-0.15, -0.1) is 0 Å². The number of hydrogen-bond acceptors (Lipinski definition) is 2. The summed E-state index contributed by atoms with van der Waals surface area (Å²) in [6, 6.07) is 10.8. The van der Waals surface area contributed by atoms with E-state index in [-0.39, 0.29) is 5.91 Å². The van der Waals surface area contributed by atoms with E-state index < -0.39 is 0 Å². The van der Waals surface area contributed by atoms with Crippen LogP contribution >= 0.6 is 23.2 Å². The number of carbonyl (C=O) groups excluding carboxylic acids is 1. The quantitative estimate of drug-likeness (QED) is 0.789. The van der Waals surface area contributed by atoms with Gasteiger partial charge < -0.3 is 4.90 Å². The molecule has 3 nitrogen and oxygen atoms in total. The molecular formula is C16H16Cl2N2O. The van der Waals surface area contributed by atoms with Crippen molar-refractivity contribution in [1.29, 1.82) is 0 Å². The Morgan fingerprint density at radius 3 is 2.62 bits per heavy atom. The number of halogens is 2. The number of benzene rings is 1. The Labute approximate surface area is 134 Å². The van der Waals surface area contributed by atoms with Crippen LogP contribution in [0, 0.1) is 0 Å². The van der Waals surface area contributed by atoms with E-state index in [0.717, 1.165) is 17.7 Å².